The largest absolute Gasteiger partial charge is 0.0991 e. The summed E-state index contributed by atoms with van der Waals surface area (Å²) in [6, 6.07) is 0. The molecule has 0 unspecified atom stereocenters. The van der Waals surface area contributed by atoms with E-state index in [4.69, 9.17) is 0 Å². The Morgan fingerprint density at radius 1 is 1.36 bits per heavy atom. The lowest BCUT2D eigenvalue weighted by Gasteiger charge is -1.67. The van der Waals surface area contributed by atoms with E-state index in [0.29, 0.717) is 0 Å². The van der Waals surface area contributed by atoms with Crippen molar-refractivity contribution >= 4 is 0 Å². The minimum Gasteiger partial charge on any atom is -0.0991 e. The molecule has 1 rings (SSSR count). The molecule has 0 aromatic rings. The van der Waals surface area contributed by atoms with Crippen LogP contribution in [0.15, 0.2) is 49.1 Å². The summed E-state index contributed by atoms with van der Waals surface area (Å²) in [6.45, 7) is 5.61. The van der Waals surface area contributed by atoms with E-state index in [1.54, 1.807) is 6.08 Å². The highest BCUT2D eigenvalue weighted by Gasteiger charge is 1.72. The van der Waals surface area contributed by atoms with Gasteiger partial charge in [-0.15, -0.1) is 0 Å². The first-order valence-corrected chi connectivity index (χ1v) is 4.01. The lowest BCUT2D eigenvalue weighted by Crippen LogP contribution is -1.46. The van der Waals surface area contributed by atoms with Crippen molar-refractivity contribution in [2.45, 2.75) is 19.8 Å². The van der Waals surface area contributed by atoms with Gasteiger partial charge in [-0.1, -0.05) is 56.0 Å². The Morgan fingerprint density at radius 2 is 2.00 bits per heavy atom. The Kier molecular flexibility index (Phi) is 8.11. The van der Waals surface area contributed by atoms with Crippen LogP contribution in [0.1, 0.15) is 19.8 Å². The van der Waals surface area contributed by atoms with Gasteiger partial charge < -0.3 is 0 Å². The second-order valence-electron chi connectivity index (χ2n) is 2.16. The van der Waals surface area contributed by atoms with Gasteiger partial charge in [0.25, 0.3) is 0 Å². The predicted molar refractivity (Wildman–Crippen MR) is 52.5 cm³/mol. The first-order chi connectivity index (χ1) is 5.41. The first-order valence-electron chi connectivity index (χ1n) is 4.01. The molecule has 0 saturated heterocycles. The maximum absolute atomic E-state index is 3.51. The summed E-state index contributed by atoms with van der Waals surface area (Å²) in [5.41, 5.74) is 0. The molecule has 1 aliphatic rings. The van der Waals surface area contributed by atoms with Gasteiger partial charge in [-0.25, -0.2) is 0 Å². The molecular formula is C11H16. The number of hydrogen-bond acceptors (Lipinski definition) is 0. The number of rotatable bonds is 2. The SMILES string of the molecule is C1=CCC=C1.C=CC=CCC. The van der Waals surface area contributed by atoms with E-state index in [2.05, 4.69) is 43.9 Å². The van der Waals surface area contributed by atoms with Gasteiger partial charge in [-0.05, 0) is 12.8 Å². The van der Waals surface area contributed by atoms with Gasteiger partial charge in [-0.3, -0.25) is 0 Å². The van der Waals surface area contributed by atoms with Crippen LogP contribution in [0.4, 0.5) is 0 Å². The monoisotopic (exact) mass is 148 g/mol. The average Bonchev–Trinajstić information content (AvgIpc) is 2.57. The van der Waals surface area contributed by atoms with Gasteiger partial charge in [0.1, 0.15) is 0 Å². The summed E-state index contributed by atoms with van der Waals surface area (Å²) in [7, 11) is 0. The topological polar surface area (TPSA) is 0 Å². The molecule has 0 nitrogen and oxygen atoms in total. The quantitative estimate of drug-likeness (QED) is 0.524. The summed E-state index contributed by atoms with van der Waals surface area (Å²) in [5.74, 6) is 0. The maximum atomic E-state index is 3.51. The van der Waals surface area contributed by atoms with Gasteiger partial charge in [0.2, 0.25) is 0 Å². The highest BCUT2D eigenvalue weighted by atomic mass is 13.8. The molecule has 60 valence electrons. The molecule has 0 spiro atoms. The van der Waals surface area contributed by atoms with Crippen LogP contribution in [-0.2, 0) is 0 Å². The van der Waals surface area contributed by atoms with E-state index in [1.165, 1.54) is 0 Å². The van der Waals surface area contributed by atoms with Crippen LogP contribution in [0.3, 0.4) is 0 Å². The van der Waals surface area contributed by atoms with E-state index in [9.17, 15) is 0 Å². The van der Waals surface area contributed by atoms with Crippen molar-refractivity contribution in [2.24, 2.45) is 0 Å². The molecule has 0 N–H and O–H groups in total. The zero-order valence-corrected chi connectivity index (χ0v) is 7.16. The van der Waals surface area contributed by atoms with Crippen LogP contribution in [0.2, 0.25) is 0 Å². The smallest absolute Gasteiger partial charge is 0.0163 e. The van der Waals surface area contributed by atoms with E-state index in [0.717, 1.165) is 12.8 Å². The Balaban J connectivity index is 0.000000183. The van der Waals surface area contributed by atoms with Gasteiger partial charge in [-0.2, -0.15) is 0 Å². The molecule has 0 amide bonds. The Hall–Kier alpha value is -1.04. The summed E-state index contributed by atoms with van der Waals surface area (Å²) < 4.78 is 0. The van der Waals surface area contributed by atoms with Crippen molar-refractivity contribution in [1.82, 2.24) is 0 Å². The lowest BCUT2D eigenvalue weighted by atomic mass is 10.4. The van der Waals surface area contributed by atoms with E-state index in [-0.39, 0.29) is 0 Å². The summed E-state index contributed by atoms with van der Waals surface area (Å²) in [6.07, 6.45) is 16.4. The highest BCUT2D eigenvalue weighted by molar-refractivity contribution is 5.11. The fourth-order valence-electron chi connectivity index (χ4n) is 0.625. The normalized spacial score (nSPS) is 13.2. The zero-order valence-electron chi connectivity index (χ0n) is 7.16. The first kappa shape index (κ1) is 9.96. The van der Waals surface area contributed by atoms with Crippen molar-refractivity contribution in [1.29, 1.82) is 0 Å². The van der Waals surface area contributed by atoms with Gasteiger partial charge >= 0.3 is 0 Å². The molecule has 0 fully saturated rings. The van der Waals surface area contributed by atoms with Crippen LogP contribution in [0.25, 0.3) is 0 Å². The van der Waals surface area contributed by atoms with Crippen molar-refractivity contribution in [2.75, 3.05) is 0 Å². The van der Waals surface area contributed by atoms with E-state index < -0.39 is 0 Å². The predicted octanol–water partition coefficient (Wildman–Crippen LogP) is 3.64. The fraction of sp³-hybridized carbons (Fsp3) is 0.273. The number of allylic oxidation sites excluding steroid dienone is 7. The molecule has 0 heterocycles. The molecule has 0 saturated carbocycles. The maximum Gasteiger partial charge on any atom is -0.0163 e. The Morgan fingerprint density at radius 3 is 2.18 bits per heavy atom. The third-order valence-corrected chi connectivity index (χ3v) is 1.16. The third-order valence-electron chi connectivity index (χ3n) is 1.16. The summed E-state index contributed by atoms with van der Waals surface area (Å²) in [4.78, 5) is 0. The molecule has 0 radical (unpaired) electrons. The van der Waals surface area contributed by atoms with Gasteiger partial charge in [0.15, 0.2) is 0 Å². The molecule has 0 atom stereocenters. The average molecular weight is 148 g/mol. The zero-order chi connectivity index (χ0) is 8.36. The van der Waals surface area contributed by atoms with Gasteiger partial charge in [0, 0.05) is 0 Å². The molecule has 0 aliphatic heterocycles. The summed E-state index contributed by atoms with van der Waals surface area (Å²) >= 11 is 0. The molecule has 0 aromatic heterocycles. The van der Waals surface area contributed by atoms with Crippen molar-refractivity contribution in [3.63, 3.8) is 0 Å². The molecule has 0 heteroatoms. The van der Waals surface area contributed by atoms with Crippen molar-refractivity contribution in [3.05, 3.63) is 49.1 Å². The summed E-state index contributed by atoms with van der Waals surface area (Å²) in [5, 5.41) is 0. The van der Waals surface area contributed by atoms with Crippen LogP contribution in [0.5, 0.6) is 0 Å². The van der Waals surface area contributed by atoms with Crippen LogP contribution >= 0.6 is 0 Å². The van der Waals surface area contributed by atoms with Crippen molar-refractivity contribution in [3.8, 4) is 0 Å². The second-order valence-corrected chi connectivity index (χ2v) is 2.16. The van der Waals surface area contributed by atoms with Crippen LogP contribution in [-0.4, -0.2) is 0 Å². The highest BCUT2D eigenvalue weighted by Crippen LogP contribution is 1.93. The molecule has 1 aliphatic carbocycles. The number of hydrogen-bond donors (Lipinski definition) is 0. The van der Waals surface area contributed by atoms with Gasteiger partial charge in [0.05, 0.1) is 0 Å². The van der Waals surface area contributed by atoms with Crippen LogP contribution < -0.4 is 0 Å². The Labute approximate surface area is 69.6 Å². The van der Waals surface area contributed by atoms with Crippen molar-refractivity contribution < 1.29 is 0 Å². The standard InChI is InChI=1S/C6H10.C5H6/c1-3-5-6-4-2;1-2-4-5-3-1/h3,5-6H,1,4H2,2H3;1-4H,5H2. The fourth-order valence-corrected chi connectivity index (χ4v) is 0.625. The molecular weight excluding hydrogens is 132 g/mol. The molecule has 0 aromatic carbocycles. The molecule has 0 bridgehead atoms. The molecule has 11 heavy (non-hydrogen) atoms. The van der Waals surface area contributed by atoms with E-state index >= 15 is 0 Å². The van der Waals surface area contributed by atoms with Crippen LogP contribution in [0, 0.1) is 0 Å². The third kappa shape index (κ3) is 8.96. The minimum atomic E-state index is 1.10. The lowest BCUT2D eigenvalue weighted by molar-refractivity contribution is 1.22. The Bertz CT molecular complexity index is 149. The van der Waals surface area contributed by atoms with E-state index in [1.807, 2.05) is 6.08 Å². The minimum absolute atomic E-state index is 1.10. The second kappa shape index (κ2) is 8.96.